The van der Waals surface area contributed by atoms with Crippen molar-refractivity contribution in [3.8, 4) is 0 Å². The van der Waals surface area contributed by atoms with Crippen molar-refractivity contribution in [3.05, 3.63) is 48.6 Å². The van der Waals surface area contributed by atoms with Crippen molar-refractivity contribution in [2.75, 3.05) is 26.2 Å². The fourth-order valence-corrected chi connectivity index (χ4v) is 3.99. The van der Waals surface area contributed by atoms with Gasteiger partial charge in [-0.3, -0.25) is 9.59 Å². The highest BCUT2D eigenvalue weighted by molar-refractivity contribution is 5.86. The van der Waals surface area contributed by atoms with E-state index < -0.39 is 0 Å². The van der Waals surface area contributed by atoms with Crippen molar-refractivity contribution in [2.24, 2.45) is 5.41 Å². The van der Waals surface area contributed by atoms with Crippen LogP contribution in [0.25, 0.3) is 0 Å². The summed E-state index contributed by atoms with van der Waals surface area (Å²) in [5.74, 6) is 0.342. The average Bonchev–Trinajstić information content (AvgIpc) is 3.03. The summed E-state index contributed by atoms with van der Waals surface area (Å²) in [7, 11) is 0. The van der Waals surface area contributed by atoms with Crippen LogP contribution in [0.3, 0.4) is 0 Å². The summed E-state index contributed by atoms with van der Waals surface area (Å²) in [4.78, 5) is 29.0. The van der Waals surface area contributed by atoms with E-state index in [0.717, 1.165) is 38.8 Å². The number of benzene rings is 1. The summed E-state index contributed by atoms with van der Waals surface area (Å²) in [6.45, 7) is 6.53. The topological polar surface area (TPSA) is 40.6 Å². The van der Waals surface area contributed by atoms with Gasteiger partial charge in [-0.05, 0) is 31.2 Å². The zero-order chi connectivity index (χ0) is 17.0. The van der Waals surface area contributed by atoms with Crippen molar-refractivity contribution in [3.63, 3.8) is 0 Å². The van der Waals surface area contributed by atoms with Gasteiger partial charge < -0.3 is 9.80 Å². The predicted octanol–water partition coefficient (Wildman–Crippen LogP) is 2.65. The second-order valence-electron chi connectivity index (χ2n) is 6.97. The molecular weight excluding hydrogens is 300 g/mol. The Morgan fingerprint density at radius 1 is 1.21 bits per heavy atom. The first-order chi connectivity index (χ1) is 11.6. The second-order valence-corrected chi connectivity index (χ2v) is 6.97. The van der Waals surface area contributed by atoms with Crippen molar-refractivity contribution < 1.29 is 9.59 Å². The summed E-state index contributed by atoms with van der Waals surface area (Å²) < 4.78 is 0. The lowest BCUT2D eigenvalue weighted by Crippen LogP contribution is -2.50. The number of likely N-dealkylation sites (tertiary alicyclic amines) is 2. The van der Waals surface area contributed by atoms with E-state index in [1.807, 2.05) is 28.0 Å². The monoisotopic (exact) mass is 326 g/mol. The molecule has 1 aromatic rings. The Hall–Kier alpha value is -2.10. The lowest BCUT2D eigenvalue weighted by Gasteiger charge is -2.39. The Kier molecular flexibility index (Phi) is 5.03. The smallest absolute Gasteiger partial charge is 0.230 e. The molecule has 4 nitrogen and oxygen atoms in total. The van der Waals surface area contributed by atoms with Gasteiger partial charge in [0, 0.05) is 32.6 Å². The zero-order valence-electron chi connectivity index (χ0n) is 14.2. The minimum Gasteiger partial charge on any atom is -0.342 e. The van der Waals surface area contributed by atoms with Crippen molar-refractivity contribution in [2.45, 2.75) is 32.1 Å². The van der Waals surface area contributed by atoms with Crippen molar-refractivity contribution >= 4 is 11.8 Å². The standard InChI is InChI=1S/C20H26N2O2/c1-2-7-18(23)22-15-12-20(16-22)11-6-13-21(19(20)24)14-10-17-8-4-3-5-9-17/h2-5,8-9H,1,6-7,10-16H2. The zero-order valence-corrected chi connectivity index (χ0v) is 14.2. The van der Waals surface area contributed by atoms with E-state index in [1.165, 1.54) is 5.56 Å². The van der Waals surface area contributed by atoms with Crippen molar-refractivity contribution in [1.29, 1.82) is 0 Å². The predicted molar refractivity (Wildman–Crippen MR) is 94.4 cm³/mol. The van der Waals surface area contributed by atoms with Crippen LogP contribution in [0, 0.1) is 5.41 Å². The maximum absolute atomic E-state index is 13.1. The number of carbonyl (C=O) groups is 2. The van der Waals surface area contributed by atoms with Crippen LogP contribution in [0.15, 0.2) is 43.0 Å². The molecule has 1 spiro atoms. The van der Waals surface area contributed by atoms with E-state index in [0.29, 0.717) is 19.5 Å². The third-order valence-corrected chi connectivity index (χ3v) is 5.36. The van der Waals surface area contributed by atoms with Gasteiger partial charge in [0.15, 0.2) is 0 Å². The summed E-state index contributed by atoms with van der Waals surface area (Å²) in [6, 6.07) is 10.3. The molecule has 0 saturated carbocycles. The number of amides is 2. The molecule has 4 heteroatoms. The number of nitrogens with zero attached hydrogens (tertiary/aromatic N) is 2. The van der Waals surface area contributed by atoms with Crippen LogP contribution in [0.1, 0.15) is 31.2 Å². The van der Waals surface area contributed by atoms with E-state index in [1.54, 1.807) is 6.08 Å². The van der Waals surface area contributed by atoms with Gasteiger partial charge >= 0.3 is 0 Å². The molecule has 2 amide bonds. The Bertz CT molecular complexity index is 613. The highest BCUT2D eigenvalue weighted by Gasteiger charge is 2.48. The third kappa shape index (κ3) is 3.37. The maximum atomic E-state index is 13.1. The van der Waals surface area contributed by atoms with Gasteiger partial charge in [-0.15, -0.1) is 6.58 Å². The molecule has 0 aromatic heterocycles. The molecule has 2 fully saturated rings. The molecule has 2 aliphatic rings. The molecule has 0 N–H and O–H groups in total. The van der Waals surface area contributed by atoms with Gasteiger partial charge in [-0.2, -0.15) is 0 Å². The molecule has 2 aliphatic heterocycles. The van der Waals surface area contributed by atoms with Gasteiger partial charge in [-0.1, -0.05) is 36.4 Å². The molecule has 3 rings (SSSR count). The third-order valence-electron chi connectivity index (χ3n) is 5.36. The van der Waals surface area contributed by atoms with E-state index in [9.17, 15) is 9.59 Å². The summed E-state index contributed by atoms with van der Waals surface area (Å²) >= 11 is 0. The molecule has 24 heavy (non-hydrogen) atoms. The first-order valence-electron chi connectivity index (χ1n) is 8.87. The normalized spacial score (nSPS) is 23.8. The number of rotatable bonds is 5. The maximum Gasteiger partial charge on any atom is 0.230 e. The highest BCUT2D eigenvalue weighted by Crippen LogP contribution is 2.40. The van der Waals surface area contributed by atoms with Gasteiger partial charge in [-0.25, -0.2) is 0 Å². The van der Waals surface area contributed by atoms with Gasteiger partial charge in [0.25, 0.3) is 0 Å². The average molecular weight is 326 g/mol. The fourth-order valence-electron chi connectivity index (χ4n) is 3.99. The largest absolute Gasteiger partial charge is 0.342 e. The molecule has 1 unspecified atom stereocenters. The van der Waals surface area contributed by atoms with E-state index in [4.69, 9.17) is 0 Å². The first kappa shape index (κ1) is 16.7. The molecule has 0 aliphatic carbocycles. The van der Waals surface area contributed by atoms with E-state index in [-0.39, 0.29) is 17.2 Å². The van der Waals surface area contributed by atoms with Crippen LogP contribution in [-0.4, -0.2) is 47.8 Å². The lowest BCUT2D eigenvalue weighted by molar-refractivity contribution is -0.146. The summed E-state index contributed by atoms with van der Waals surface area (Å²) in [6.07, 6.45) is 5.64. The van der Waals surface area contributed by atoms with Crippen LogP contribution >= 0.6 is 0 Å². The highest BCUT2D eigenvalue weighted by atomic mass is 16.2. The number of carbonyl (C=O) groups excluding carboxylic acids is 2. The number of hydrogen-bond acceptors (Lipinski definition) is 2. The Balaban J connectivity index is 1.63. The van der Waals surface area contributed by atoms with E-state index in [2.05, 4.69) is 18.7 Å². The summed E-state index contributed by atoms with van der Waals surface area (Å²) in [5.41, 5.74) is 0.922. The molecule has 0 radical (unpaired) electrons. The number of piperidine rings is 1. The van der Waals surface area contributed by atoms with Crippen LogP contribution in [-0.2, 0) is 16.0 Å². The van der Waals surface area contributed by atoms with Gasteiger partial charge in [0.2, 0.25) is 11.8 Å². The molecule has 2 heterocycles. The molecule has 2 saturated heterocycles. The SMILES string of the molecule is C=CCC(=O)N1CCC2(CCCN(CCc3ccccc3)C2=O)C1. The van der Waals surface area contributed by atoms with Crippen LogP contribution < -0.4 is 0 Å². The lowest BCUT2D eigenvalue weighted by atomic mass is 9.78. The molecular formula is C20H26N2O2. The van der Waals surface area contributed by atoms with Crippen LogP contribution in [0.4, 0.5) is 0 Å². The van der Waals surface area contributed by atoms with Gasteiger partial charge in [0.1, 0.15) is 0 Å². The van der Waals surface area contributed by atoms with Crippen LogP contribution in [0.2, 0.25) is 0 Å². The summed E-state index contributed by atoms with van der Waals surface area (Å²) in [5, 5.41) is 0. The quantitative estimate of drug-likeness (QED) is 0.781. The Labute approximate surface area is 144 Å². The molecule has 128 valence electrons. The fraction of sp³-hybridized carbons (Fsp3) is 0.500. The molecule has 1 atom stereocenters. The first-order valence-corrected chi connectivity index (χ1v) is 8.87. The second kappa shape index (κ2) is 7.20. The van der Waals surface area contributed by atoms with Gasteiger partial charge in [0.05, 0.1) is 5.41 Å². The number of hydrogen-bond donors (Lipinski definition) is 0. The Morgan fingerprint density at radius 2 is 2.00 bits per heavy atom. The minimum absolute atomic E-state index is 0.0936. The Morgan fingerprint density at radius 3 is 2.75 bits per heavy atom. The van der Waals surface area contributed by atoms with E-state index >= 15 is 0 Å². The minimum atomic E-state index is -0.342. The van der Waals surface area contributed by atoms with Crippen molar-refractivity contribution in [1.82, 2.24) is 9.80 Å². The molecule has 1 aromatic carbocycles. The molecule has 0 bridgehead atoms. The van der Waals surface area contributed by atoms with Crippen LogP contribution in [0.5, 0.6) is 0 Å².